The van der Waals surface area contributed by atoms with Gasteiger partial charge in [0, 0.05) is 12.2 Å². The van der Waals surface area contributed by atoms with Crippen molar-refractivity contribution in [2.45, 2.75) is 12.5 Å². The van der Waals surface area contributed by atoms with Gasteiger partial charge < -0.3 is 10.2 Å². The molecular formula is C17H14ClFN2O2. The van der Waals surface area contributed by atoms with Gasteiger partial charge in [-0.25, -0.2) is 4.39 Å². The third-order valence-corrected chi connectivity index (χ3v) is 4.10. The number of carbonyl (C=O) groups is 2. The highest BCUT2D eigenvalue weighted by Gasteiger charge is 2.33. The summed E-state index contributed by atoms with van der Waals surface area (Å²) in [4.78, 5) is 26.2. The van der Waals surface area contributed by atoms with E-state index in [2.05, 4.69) is 5.32 Å². The molecule has 0 bridgehead atoms. The zero-order valence-corrected chi connectivity index (χ0v) is 12.9. The lowest BCUT2D eigenvalue weighted by atomic mass is 10.2. The van der Waals surface area contributed by atoms with E-state index in [4.69, 9.17) is 11.6 Å². The lowest BCUT2D eigenvalue weighted by molar-refractivity contribution is -0.118. The Morgan fingerprint density at radius 2 is 1.87 bits per heavy atom. The van der Waals surface area contributed by atoms with E-state index in [0.717, 1.165) is 0 Å². The van der Waals surface area contributed by atoms with Crippen LogP contribution in [0.5, 0.6) is 0 Å². The van der Waals surface area contributed by atoms with Gasteiger partial charge in [-0.15, -0.1) is 0 Å². The summed E-state index contributed by atoms with van der Waals surface area (Å²) in [6.45, 7) is 0.470. The number of amides is 2. The van der Waals surface area contributed by atoms with Gasteiger partial charge in [-0.05, 0) is 42.8 Å². The molecule has 1 aliphatic heterocycles. The predicted octanol–water partition coefficient (Wildman–Crippen LogP) is 3.01. The van der Waals surface area contributed by atoms with Crippen LogP contribution in [-0.4, -0.2) is 24.4 Å². The molecule has 1 atom stereocenters. The molecule has 1 saturated heterocycles. The summed E-state index contributed by atoms with van der Waals surface area (Å²) in [7, 11) is 0. The van der Waals surface area contributed by atoms with Crippen molar-refractivity contribution >= 4 is 29.1 Å². The minimum Gasteiger partial charge on any atom is -0.340 e. The summed E-state index contributed by atoms with van der Waals surface area (Å²) in [6.07, 6.45) is 0.492. The van der Waals surface area contributed by atoms with Gasteiger partial charge in [0.1, 0.15) is 11.9 Å². The van der Waals surface area contributed by atoms with E-state index in [0.29, 0.717) is 29.2 Å². The van der Waals surface area contributed by atoms with Crippen LogP contribution in [0, 0.1) is 5.82 Å². The first-order valence-corrected chi connectivity index (χ1v) is 7.56. The van der Waals surface area contributed by atoms with E-state index in [-0.39, 0.29) is 17.6 Å². The summed E-state index contributed by atoms with van der Waals surface area (Å²) in [5.74, 6) is -0.948. The van der Waals surface area contributed by atoms with E-state index in [1.807, 2.05) is 0 Å². The maximum atomic E-state index is 13.0. The molecule has 0 aliphatic carbocycles. The van der Waals surface area contributed by atoms with Crippen molar-refractivity contribution in [3.05, 3.63) is 64.9 Å². The predicted molar refractivity (Wildman–Crippen MR) is 86.1 cm³/mol. The third kappa shape index (κ3) is 3.19. The summed E-state index contributed by atoms with van der Waals surface area (Å²) >= 11 is 5.99. The first-order chi connectivity index (χ1) is 11.1. The second kappa shape index (κ2) is 6.38. The van der Waals surface area contributed by atoms with Crippen LogP contribution in [0.2, 0.25) is 5.02 Å². The fraction of sp³-hybridized carbons (Fsp3) is 0.176. The van der Waals surface area contributed by atoms with Crippen molar-refractivity contribution in [2.75, 3.05) is 11.4 Å². The number of carbonyl (C=O) groups excluding carboxylic acids is 2. The second-order valence-electron chi connectivity index (χ2n) is 5.26. The molecule has 1 heterocycles. The zero-order chi connectivity index (χ0) is 16.4. The number of nitrogens with zero attached hydrogens (tertiary/aromatic N) is 1. The highest BCUT2D eigenvalue weighted by Crippen LogP contribution is 2.22. The van der Waals surface area contributed by atoms with Gasteiger partial charge in [-0.1, -0.05) is 23.7 Å². The Morgan fingerprint density at radius 1 is 1.17 bits per heavy atom. The van der Waals surface area contributed by atoms with Crippen molar-refractivity contribution in [3.8, 4) is 0 Å². The first-order valence-electron chi connectivity index (χ1n) is 7.18. The van der Waals surface area contributed by atoms with Gasteiger partial charge in [-0.3, -0.25) is 9.59 Å². The normalized spacial score (nSPS) is 17.4. The maximum Gasteiger partial charge on any atom is 0.253 e. The fourth-order valence-corrected chi connectivity index (χ4v) is 2.79. The van der Waals surface area contributed by atoms with Gasteiger partial charge in [-0.2, -0.15) is 0 Å². The molecule has 1 fully saturated rings. The molecule has 3 rings (SSSR count). The summed E-state index contributed by atoms with van der Waals surface area (Å²) < 4.78 is 13.0. The van der Waals surface area contributed by atoms with Crippen molar-refractivity contribution in [2.24, 2.45) is 0 Å². The average molecular weight is 333 g/mol. The number of hydrogen-bond donors (Lipinski definition) is 1. The third-order valence-electron chi connectivity index (χ3n) is 3.77. The minimum atomic E-state index is -0.608. The van der Waals surface area contributed by atoms with Gasteiger partial charge >= 0.3 is 0 Å². The lowest BCUT2D eigenvalue weighted by Crippen LogP contribution is -2.41. The molecule has 1 N–H and O–H groups in total. The van der Waals surface area contributed by atoms with Crippen molar-refractivity contribution in [1.29, 1.82) is 0 Å². The van der Waals surface area contributed by atoms with Crippen LogP contribution in [0.4, 0.5) is 10.1 Å². The van der Waals surface area contributed by atoms with Crippen LogP contribution >= 0.6 is 11.6 Å². The molecule has 0 spiro atoms. The molecule has 2 aromatic rings. The Balaban J connectivity index is 1.71. The smallest absolute Gasteiger partial charge is 0.253 e. The molecule has 4 nitrogen and oxygen atoms in total. The average Bonchev–Trinajstić information content (AvgIpc) is 2.89. The standard InChI is InChI=1S/C17H14ClFN2O2/c18-14-4-2-1-3-13(14)16(22)20-15-9-10-21(17(15)23)12-7-5-11(19)6-8-12/h1-8,15H,9-10H2,(H,20,22)/t15-/m1/s1. The Labute approximate surface area is 137 Å². The van der Waals surface area contributed by atoms with Crippen molar-refractivity contribution in [3.63, 3.8) is 0 Å². The van der Waals surface area contributed by atoms with E-state index < -0.39 is 6.04 Å². The highest BCUT2D eigenvalue weighted by molar-refractivity contribution is 6.33. The lowest BCUT2D eigenvalue weighted by Gasteiger charge is -2.17. The van der Waals surface area contributed by atoms with Gasteiger partial charge in [0.15, 0.2) is 0 Å². The maximum absolute atomic E-state index is 13.0. The minimum absolute atomic E-state index is 0.211. The van der Waals surface area contributed by atoms with Gasteiger partial charge in [0.2, 0.25) is 5.91 Å². The van der Waals surface area contributed by atoms with E-state index in [1.165, 1.54) is 17.0 Å². The Kier molecular flexibility index (Phi) is 4.30. The molecule has 23 heavy (non-hydrogen) atoms. The van der Waals surface area contributed by atoms with Crippen LogP contribution in [0.25, 0.3) is 0 Å². The van der Waals surface area contributed by atoms with E-state index >= 15 is 0 Å². The number of halogens is 2. The summed E-state index contributed by atoms with van der Waals surface area (Å²) in [5.41, 5.74) is 0.952. The molecule has 118 valence electrons. The second-order valence-corrected chi connectivity index (χ2v) is 5.67. The number of nitrogens with one attached hydrogen (secondary N) is 1. The SMILES string of the molecule is O=C(N[C@@H]1CCN(c2ccc(F)cc2)C1=O)c1ccccc1Cl. The largest absolute Gasteiger partial charge is 0.340 e. The van der Waals surface area contributed by atoms with E-state index in [1.54, 1.807) is 36.4 Å². The number of benzene rings is 2. The molecule has 6 heteroatoms. The zero-order valence-electron chi connectivity index (χ0n) is 12.1. The quantitative estimate of drug-likeness (QED) is 0.939. The Hall–Kier alpha value is -2.40. The van der Waals surface area contributed by atoms with Crippen LogP contribution in [0.15, 0.2) is 48.5 Å². The molecule has 0 radical (unpaired) electrons. The highest BCUT2D eigenvalue weighted by atomic mass is 35.5. The molecule has 1 aliphatic rings. The summed E-state index contributed by atoms with van der Waals surface area (Å²) in [6, 6.07) is 11.8. The van der Waals surface area contributed by atoms with Crippen molar-refractivity contribution < 1.29 is 14.0 Å². The molecule has 0 unspecified atom stereocenters. The monoisotopic (exact) mass is 332 g/mol. The first kappa shape index (κ1) is 15.5. The summed E-state index contributed by atoms with van der Waals surface area (Å²) in [5, 5.41) is 3.05. The molecule has 0 saturated carbocycles. The fourth-order valence-electron chi connectivity index (χ4n) is 2.57. The van der Waals surface area contributed by atoms with Crippen LogP contribution in [-0.2, 0) is 4.79 Å². The topological polar surface area (TPSA) is 49.4 Å². The van der Waals surface area contributed by atoms with Crippen LogP contribution in [0.3, 0.4) is 0 Å². The number of rotatable bonds is 3. The van der Waals surface area contributed by atoms with Crippen LogP contribution in [0.1, 0.15) is 16.8 Å². The molecular weight excluding hydrogens is 319 g/mol. The van der Waals surface area contributed by atoms with Gasteiger partial charge in [0.25, 0.3) is 5.91 Å². The molecule has 2 aromatic carbocycles. The van der Waals surface area contributed by atoms with Crippen molar-refractivity contribution in [1.82, 2.24) is 5.32 Å². The molecule has 0 aromatic heterocycles. The number of anilines is 1. The number of hydrogen-bond acceptors (Lipinski definition) is 2. The molecule has 2 amide bonds. The Bertz CT molecular complexity index is 749. The van der Waals surface area contributed by atoms with E-state index in [9.17, 15) is 14.0 Å². The van der Waals surface area contributed by atoms with Crippen LogP contribution < -0.4 is 10.2 Å². The Morgan fingerprint density at radius 3 is 2.57 bits per heavy atom. The van der Waals surface area contributed by atoms with Gasteiger partial charge in [0.05, 0.1) is 10.6 Å².